The molecule has 2 aromatic rings. The van der Waals surface area contributed by atoms with Crippen LogP contribution in [0.15, 0.2) is 59.1 Å². The average molecular weight is 699 g/mol. The molecule has 0 saturated carbocycles. The van der Waals surface area contributed by atoms with E-state index in [1.807, 2.05) is 0 Å². The van der Waals surface area contributed by atoms with Crippen molar-refractivity contribution in [2.45, 2.75) is 49.5 Å². The number of fused-ring (bicyclic) bond motifs is 3. The Morgan fingerprint density at radius 1 is 1.04 bits per heavy atom. The first kappa shape index (κ1) is 34.6. The SMILES string of the molecule is CN(C)[C@@H]1C(O)=C(C(N)=O)C(=O)[C@@]2(O)C(O)=C3C(=O)c4c(O)ccc(-c5ccc(NC(=O)C6CCCN6C(=O)C(F)(F)F)cc5)c4C[C@H]3C[C@@H]12. The van der Waals surface area contributed by atoms with Crippen molar-refractivity contribution in [3.8, 4) is 16.9 Å². The molecule has 1 fully saturated rings. The summed E-state index contributed by atoms with van der Waals surface area (Å²) in [7, 11) is 3.06. The number of nitrogens with zero attached hydrogens (tertiary/aromatic N) is 2. The van der Waals surface area contributed by atoms with E-state index in [-0.39, 0.29) is 49.1 Å². The molecular weight excluding hydrogens is 665 g/mol. The third kappa shape index (κ3) is 5.20. The summed E-state index contributed by atoms with van der Waals surface area (Å²) in [5.41, 5.74) is 2.83. The molecule has 7 N–H and O–H groups in total. The van der Waals surface area contributed by atoms with E-state index in [1.54, 1.807) is 18.2 Å². The summed E-state index contributed by atoms with van der Waals surface area (Å²) >= 11 is 0. The van der Waals surface area contributed by atoms with E-state index in [9.17, 15) is 57.6 Å². The summed E-state index contributed by atoms with van der Waals surface area (Å²) in [6.45, 7) is -0.200. The minimum absolute atomic E-state index is 0.0432. The molecule has 1 saturated heterocycles. The quantitative estimate of drug-likeness (QED) is 0.251. The van der Waals surface area contributed by atoms with Gasteiger partial charge in [-0.3, -0.25) is 28.9 Å². The molecule has 0 spiro atoms. The number of benzene rings is 2. The number of rotatable bonds is 5. The number of aromatic hydroxyl groups is 1. The van der Waals surface area contributed by atoms with Gasteiger partial charge >= 0.3 is 12.1 Å². The highest BCUT2D eigenvalue weighted by Gasteiger charge is 2.63. The Hall–Kier alpha value is -5.22. The van der Waals surface area contributed by atoms with Gasteiger partial charge in [0.25, 0.3) is 5.91 Å². The van der Waals surface area contributed by atoms with Crippen molar-refractivity contribution in [2.75, 3.05) is 26.0 Å². The number of ketones is 2. The van der Waals surface area contributed by atoms with Crippen molar-refractivity contribution in [2.24, 2.45) is 17.6 Å². The number of nitrogens with two attached hydrogens (primary N) is 1. The van der Waals surface area contributed by atoms with Crippen LogP contribution >= 0.6 is 0 Å². The second-order valence-electron chi connectivity index (χ2n) is 13.2. The molecule has 1 unspecified atom stereocenters. The van der Waals surface area contributed by atoms with Gasteiger partial charge in [0.05, 0.1) is 11.6 Å². The average Bonchev–Trinajstić information content (AvgIpc) is 3.52. The Kier molecular flexibility index (Phi) is 8.30. The number of carbonyl (C=O) groups is 5. The van der Waals surface area contributed by atoms with Crippen molar-refractivity contribution in [1.82, 2.24) is 9.80 Å². The normalized spacial score (nSPS) is 26.5. The van der Waals surface area contributed by atoms with Crippen LogP contribution in [0.5, 0.6) is 5.75 Å². The Balaban J connectivity index is 1.33. The highest BCUT2D eigenvalue weighted by Crippen LogP contribution is 2.53. The van der Waals surface area contributed by atoms with Crippen molar-refractivity contribution < 1.29 is 57.6 Å². The molecule has 50 heavy (non-hydrogen) atoms. The Morgan fingerprint density at radius 2 is 1.70 bits per heavy atom. The van der Waals surface area contributed by atoms with Gasteiger partial charge in [-0.15, -0.1) is 0 Å². The maximum absolute atomic E-state index is 14.0. The molecule has 4 aliphatic rings. The number of phenolic OH excluding ortho intramolecular Hbond substituents is 1. The highest BCUT2D eigenvalue weighted by molar-refractivity contribution is 6.25. The first-order chi connectivity index (χ1) is 23.4. The number of likely N-dealkylation sites (N-methyl/N-ethyl adjacent to an activating group) is 1. The molecule has 264 valence electrons. The van der Waals surface area contributed by atoms with E-state index in [0.29, 0.717) is 21.6 Å². The zero-order chi connectivity index (χ0) is 36.6. The third-order valence-electron chi connectivity index (χ3n) is 10.1. The zero-order valence-corrected chi connectivity index (χ0v) is 26.7. The third-order valence-corrected chi connectivity index (χ3v) is 10.1. The van der Waals surface area contributed by atoms with Crippen LogP contribution in [0.2, 0.25) is 0 Å². The number of anilines is 1. The molecule has 5 atom stereocenters. The molecule has 16 heteroatoms. The molecule has 1 heterocycles. The number of hydrogen-bond acceptors (Lipinski definition) is 10. The topological polar surface area (TPSA) is 211 Å². The maximum atomic E-state index is 14.0. The van der Waals surface area contributed by atoms with Gasteiger partial charge < -0.3 is 36.4 Å². The first-order valence-corrected chi connectivity index (χ1v) is 15.7. The number of primary amides is 1. The van der Waals surface area contributed by atoms with Crippen molar-refractivity contribution in [3.63, 3.8) is 0 Å². The fourth-order valence-corrected chi connectivity index (χ4v) is 7.92. The number of likely N-dealkylation sites (tertiary alicyclic amines) is 1. The highest BCUT2D eigenvalue weighted by atomic mass is 19.4. The minimum atomic E-state index is -5.11. The summed E-state index contributed by atoms with van der Waals surface area (Å²) < 4.78 is 39.1. The van der Waals surface area contributed by atoms with Crippen molar-refractivity contribution >= 4 is 35.0 Å². The van der Waals surface area contributed by atoms with Crippen LogP contribution in [0, 0.1) is 11.8 Å². The number of amides is 3. The number of halogens is 3. The Bertz CT molecular complexity index is 1920. The van der Waals surface area contributed by atoms with Gasteiger partial charge in [-0.25, -0.2) is 0 Å². The number of aliphatic hydroxyl groups excluding tert-OH is 2. The fraction of sp³-hybridized carbons (Fsp3) is 0.382. The largest absolute Gasteiger partial charge is 0.510 e. The molecule has 0 aromatic heterocycles. The second kappa shape index (κ2) is 12.0. The number of phenols is 1. The van der Waals surface area contributed by atoms with Crippen LogP contribution in [0.25, 0.3) is 11.1 Å². The number of carbonyl (C=O) groups excluding carboxylic acids is 5. The van der Waals surface area contributed by atoms with E-state index in [4.69, 9.17) is 5.73 Å². The van der Waals surface area contributed by atoms with Crippen LogP contribution in [-0.2, 0) is 25.6 Å². The van der Waals surface area contributed by atoms with Gasteiger partial charge in [-0.2, -0.15) is 13.2 Å². The number of nitrogens with one attached hydrogen (secondary N) is 1. The summed E-state index contributed by atoms with van der Waals surface area (Å²) in [4.78, 5) is 66.3. The van der Waals surface area contributed by atoms with Gasteiger partial charge in [0.1, 0.15) is 28.9 Å². The lowest BCUT2D eigenvalue weighted by atomic mass is 9.58. The molecule has 0 bridgehead atoms. The molecule has 0 radical (unpaired) electrons. The van der Waals surface area contributed by atoms with E-state index < -0.39 is 87.8 Å². The second-order valence-corrected chi connectivity index (χ2v) is 13.2. The predicted octanol–water partition coefficient (Wildman–Crippen LogP) is 2.28. The first-order valence-electron chi connectivity index (χ1n) is 15.7. The molecule has 3 aliphatic carbocycles. The van der Waals surface area contributed by atoms with E-state index in [0.717, 1.165) is 0 Å². The number of allylic oxidation sites excluding steroid dienone is 1. The van der Waals surface area contributed by atoms with Crippen LogP contribution in [-0.4, -0.2) is 104 Å². The van der Waals surface area contributed by atoms with Crippen LogP contribution in [0.1, 0.15) is 35.2 Å². The van der Waals surface area contributed by atoms with Crippen LogP contribution in [0.3, 0.4) is 0 Å². The van der Waals surface area contributed by atoms with Gasteiger partial charge in [0, 0.05) is 23.7 Å². The number of aliphatic hydroxyl groups is 3. The number of hydrogen-bond donors (Lipinski definition) is 6. The summed E-state index contributed by atoms with van der Waals surface area (Å²) in [5.74, 6) is -10.5. The standard InChI is InChI=1S/C34H33F3N4O9/c1-40(2)25-19-13-15-12-18-17(14-5-7-16(8-6-14)39-31(48)20-4-3-11-41(20)32(49)34(35,36)37)9-10-21(42)23(18)26(43)22(15)28(45)33(19,50)29(46)24(27(25)44)30(38)47/h5-10,15,19-20,25,42,44-45,50H,3-4,11-13H2,1-2H3,(H2,38,47)(H,39,48)/t15-,19-,20?,25-,33-/m0/s1. The molecular formula is C34H33F3N4O9. The summed E-state index contributed by atoms with van der Waals surface area (Å²) in [5, 5.41) is 47.6. The minimum Gasteiger partial charge on any atom is -0.510 e. The molecule has 3 amide bonds. The fourth-order valence-electron chi connectivity index (χ4n) is 7.92. The Labute approximate surface area is 282 Å². The summed E-state index contributed by atoms with van der Waals surface area (Å²) in [6.07, 6.45) is -4.87. The predicted molar refractivity (Wildman–Crippen MR) is 169 cm³/mol. The van der Waals surface area contributed by atoms with Crippen LogP contribution in [0.4, 0.5) is 18.9 Å². The van der Waals surface area contributed by atoms with Crippen molar-refractivity contribution in [3.05, 3.63) is 70.2 Å². The lowest BCUT2D eigenvalue weighted by Gasteiger charge is -2.50. The van der Waals surface area contributed by atoms with Gasteiger partial charge in [0.15, 0.2) is 11.4 Å². The van der Waals surface area contributed by atoms with Gasteiger partial charge in [0.2, 0.25) is 11.7 Å². The van der Waals surface area contributed by atoms with E-state index in [1.165, 1.54) is 37.2 Å². The number of Topliss-reactive ketones (excluding diaryl/α,β-unsaturated/α-hetero) is 2. The van der Waals surface area contributed by atoms with Gasteiger partial charge in [-0.05, 0) is 80.6 Å². The Morgan fingerprint density at radius 3 is 2.30 bits per heavy atom. The van der Waals surface area contributed by atoms with Crippen molar-refractivity contribution in [1.29, 1.82) is 0 Å². The summed E-state index contributed by atoms with van der Waals surface area (Å²) in [6, 6.07) is 6.51. The van der Waals surface area contributed by atoms with Gasteiger partial charge in [-0.1, -0.05) is 18.2 Å². The zero-order valence-electron chi connectivity index (χ0n) is 26.7. The molecule has 13 nitrogen and oxygen atoms in total. The number of alkyl halides is 3. The molecule has 2 aromatic carbocycles. The van der Waals surface area contributed by atoms with E-state index in [2.05, 4.69) is 5.32 Å². The maximum Gasteiger partial charge on any atom is 0.471 e. The lowest BCUT2D eigenvalue weighted by molar-refractivity contribution is -0.186. The molecule has 6 rings (SSSR count). The van der Waals surface area contributed by atoms with Crippen LogP contribution < -0.4 is 11.1 Å². The molecule has 1 aliphatic heterocycles. The van der Waals surface area contributed by atoms with E-state index >= 15 is 0 Å². The smallest absolute Gasteiger partial charge is 0.471 e. The lowest BCUT2D eigenvalue weighted by Crippen LogP contribution is -2.63. The monoisotopic (exact) mass is 698 g/mol.